The van der Waals surface area contributed by atoms with E-state index in [0.717, 1.165) is 24.7 Å². The Hall–Kier alpha value is -2.37. The summed E-state index contributed by atoms with van der Waals surface area (Å²) in [6.07, 6.45) is 5.41. The van der Waals surface area contributed by atoms with E-state index in [1.165, 1.54) is 7.11 Å². The monoisotopic (exact) mass is 258 g/mol. The van der Waals surface area contributed by atoms with E-state index in [0.29, 0.717) is 12.1 Å². The van der Waals surface area contributed by atoms with Crippen molar-refractivity contribution >= 4 is 11.8 Å². The standard InChI is InChI=1S/C13H14N4O2/c1-19-13(18)10-2-3-14-11(8-10)17-7-6-16-5-4-15-12(16)9-17/h2-5,8H,6-7,9H2,1H3. The van der Waals surface area contributed by atoms with E-state index in [-0.39, 0.29) is 5.97 Å². The molecule has 2 aromatic heterocycles. The van der Waals surface area contributed by atoms with Crippen LogP contribution in [0.15, 0.2) is 30.7 Å². The fourth-order valence-corrected chi connectivity index (χ4v) is 2.21. The van der Waals surface area contributed by atoms with E-state index >= 15 is 0 Å². The van der Waals surface area contributed by atoms with E-state index in [1.54, 1.807) is 24.5 Å². The summed E-state index contributed by atoms with van der Waals surface area (Å²) in [5, 5.41) is 0. The summed E-state index contributed by atoms with van der Waals surface area (Å²) in [6.45, 7) is 2.42. The summed E-state index contributed by atoms with van der Waals surface area (Å²) < 4.78 is 6.85. The average Bonchev–Trinajstić information content (AvgIpc) is 2.94. The smallest absolute Gasteiger partial charge is 0.338 e. The highest BCUT2D eigenvalue weighted by molar-refractivity contribution is 5.90. The predicted molar refractivity (Wildman–Crippen MR) is 68.9 cm³/mol. The van der Waals surface area contributed by atoms with Gasteiger partial charge in [-0.25, -0.2) is 14.8 Å². The SMILES string of the molecule is COC(=O)c1ccnc(N2CCn3ccnc3C2)c1. The molecule has 0 aliphatic carbocycles. The number of hydrogen-bond donors (Lipinski definition) is 0. The summed E-state index contributed by atoms with van der Waals surface area (Å²) in [5.41, 5.74) is 0.515. The molecule has 0 radical (unpaired) electrons. The van der Waals surface area contributed by atoms with Crippen LogP contribution in [-0.2, 0) is 17.8 Å². The van der Waals surface area contributed by atoms with Crippen molar-refractivity contribution in [2.24, 2.45) is 0 Å². The van der Waals surface area contributed by atoms with Gasteiger partial charge in [0.1, 0.15) is 11.6 Å². The van der Waals surface area contributed by atoms with Gasteiger partial charge in [-0.1, -0.05) is 0 Å². The number of fused-ring (bicyclic) bond motifs is 1. The fourth-order valence-electron chi connectivity index (χ4n) is 2.21. The molecule has 3 rings (SSSR count). The first-order valence-electron chi connectivity index (χ1n) is 6.07. The number of hydrogen-bond acceptors (Lipinski definition) is 5. The molecule has 3 heterocycles. The summed E-state index contributed by atoms with van der Waals surface area (Å²) >= 11 is 0. The van der Waals surface area contributed by atoms with Crippen LogP contribution in [0.4, 0.5) is 5.82 Å². The van der Waals surface area contributed by atoms with Crippen molar-refractivity contribution in [2.75, 3.05) is 18.6 Å². The quantitative estimate of drug-likeness (QED) is 0.754. The van der Waals surface area contributed by atoms with Gasteiger partial charge in [-0.05, 0) is 12.1 Å². The Morgan fingerprint density at radius 1 is 1.32 bits per heavy atom. The van der Waals surface area contributed by atoms with E-state index in [4.69, 9.17) is 4.74 Å². The Morgan fingerprint density at radius 2 is 2.21 bits per heavy atom. The Kier molecular flexibility index (Phi) is 2.91. The zero-order valence-corrected chi connectivity index (χ0v) is 10.6. The summed E-state index contributed by atoms with van der Waals surface area (Å²) in [5.74, 6) is 1.44. The third-order valence-electron chi connectivity index (χ3n) is 3.24. The van der Waals surface area contributed by atoms with Gasteiger partial charge in [0.2, 0.25) is 0 Å². The lowest BCUT2D eigenvalue weighted by molar-refractivity contribution is 0.0600. The highest BCUT2D eigenvalue weighted by Gasteiger charge is 2.18. The second-order valence-corrected chi connectivity index (χ2v) is 4.35. The van der Waals surface area contributed by atoms with Crippen LogP contribution in [0, 0.1) is 0 Å². The molecule has 1 aliphatic rings. The fraction of sp³-hybridized carbons (Fsp3) is 0.308. The first-order valence-corrected chi connectivity index (χ1v) is 6.07. The number of nitrogens with zero attached hydrogens (tertiary/aromatic N) is 4. The lowest BCUT2D eigenvalue weighted by Gasteiger charge is -2.28. The van der Waals surface area contributed by atoms with Gasteiger partial charge < -0.3 is 14.2 Å². The van der Waals surface area contributed by atoms with E-state index in [2.05, 4.69) is 19.4 Å². The van der Waals surface area contributed by atoms with Gasteiger partial charge in [0.05, 0.1) is 19.2 Å². The number of carbonyl (C=O) groups excluding carboxylic acids is 1. The number of anilines is 1. The maximum atomic E-state index is 11.5. The van der Waals surface area contributed by atoms with Crippen LogP contribution < -0.4 is 4.90 Å². The van der Waals surface area contributed by atoms with E-state index in [1.807, 2.05) is 6.20 Å². The zero-order chi connectivity index (χ0) is 13.2. The Morgan fingerprint density at radius 3 is 3.05 bits per heavy atom. The Balaban J connectivity index is 1.85. The number of aromatic nitrogens is 3. The number of ether oxygens (including phenoxy) is 1. The molecule has 0 fully saturated rings. The molecule has 0 aromatic carbocycles. The minimum absolute atomic E-state index is 0.345. The molecule has 0 saturated carbocycles. The van der Waals surface area contributed by atoms with Crippen molar-refractivity contribution in [3.63, 3.8) is 0 Å². The largest absolute Gasteiger partial charge is 0.465 e. The minimum Gasteiger partial charge on any atom is -0.465 e. The van der Waals surface area contributed by atoms with Crippen LogP contribution in [0.1, 0.15) is 16.2 Å². The third kappa shape index (κ3) is 2.16. The van der Waals surface area contributed by atoms with Gasteiger partial charge in [0.25, 0.3) is 0 Å². The van der Waals surface area contributed by atoms with Crippen molar-refractivity contribution in [2.45, 2.75) is 13.1 Å². The number of pyridine rings is 1. The van der Waals surface area contributed by atoms with Crippen LogP contribution in [0.2, 0.25) is 0 Å². The zero-order valence-electron chi connectivity index (χ0n) is 10.6. The first kappa shape index (κ1) is 11.7. The minimum atomic E-state index is -0.345. The molecule has 19 heavy (non-hydrogen) atoms. The number of esters is 1. The second kappa shape index (κ2) is 4.72. The molecular weight excluding hydrogens is 244 g/mol. The van der Waals surface area contributed by atoms with Crippen LogP contribution in [-0.4, -0.2) is 34.2 Å². The van der Waals surface area contributed by atoms with Crippen LogP contribution in [0.5, 0.6) is 0 Å². The molecule has 6 heteroatoms. The van der Waals surface area contributed by atoms with Gasteiger partial charge in [0.15, 0.2) is 0 Å². The number of methoxy groups -OCH3 is 1. The molecule has 0 bridgehead atoms. The summed E-state index contributed by atoms with van der Waals surface area (Å²) in [6, 6.07) is 3.41. The van der Waals surface area contributed by atoms with Crippen molar-refractivity contribution in [1.82, 2.24) is 14.5 Å². The molecule has 0 atom stereocenters. The topological polar surface area (TPSA) is 60.2 Å². The van der Waals surface area contributed by atoms with Gasteiger partial charge in [0, 0.05) is 31.7 Å². The van der Waals surface area contributed by atoms with E-state index < -0.39 is 0 Å². The normalized spacial score (nSPS) is 14.1. The maximum Gasteiger partial charge on any atom is 0.338 e. The van der Waals surface area contributed by atoms with Crippen molar-refractivity contribution in [3.05, 3.63) is 42.1 Å². The van der Waals surface area contributed by atoms with E-state index in [9.17, 15) is 4.79 Å². The second-order valence-electron chi connectivity index (χ2n) is 4.35. The highest BCUT2D eigenvalue weighted by atomic mass is 16.5. The highest BCUT2D eigenvalue weighted by Crippen LogP contribution is 2.19. The molecule has 0 saturated heterocycles. The van der Waals surface area contributed by atoms with Gasteiger partial charge in [-0.2, -0.15) is 0 Å². The Bertz CT molecular complexity index is 608. The molecule has 0 amide bonds. The van der Waals surface area contributed by atoms with Crippen molar-refractivity contribution < 1.29 is 9.53 Å². The summed E-state index contributed by atoms with van der Waals surface area (Å²) in [4.78, 5) is 22.3. The maximum absolute atomic E-state index is 11.5. The average molecular weight is 258 g/mol. The van der Waals surface area contributed by atoms with Crippen LogP contribution in [0.3, 0.4) is 0 Å². The molecule has 0 unspecified atom stereocenters. The predicted octanol–water partition coefficient (Wildman–Crippen LogP) is 1.08. The molecule has 98 valence electrons. The first-order chi connectivity index (χ1) is 9.28. The molecule has 0 N–H and O–H groups in total. The van der Waals surface area contributed by atoms with Gasteiger partial charge in [-0.3, -0.25) is 0 Å². The van der Waals surface area contributed by atoms with Gasteiger partial charge in [-0.15, -0.1) is 0 Å². The molecular formula is C13H14N4O2. The number of rotatable bonds is 2. The Labute approximate surface area is 110 Å². The lowest BCUT2D eigenvalue weighted by Crippen LogP contribution is -2.34. The van der Waals surface area contributed by atoms with Crippen LogP contribution in [0.25, 0.3) is 0 Å². The van der Waals surface area contributed by atoms with Crippen molar-refractivity contribution in [3.8, 4) is 0 Å². The molecule has 2 aromatic rings. The lowest BCUT2D eigenvalue weighted by atomic mass is 10.2. The van der Waals surface area contributed by atoms with Gasteiger partial charge >= 0.3 is 5.97 Å². The molecule has 1 aliphatic heterocycles. The summed E-state index contributed by atoms with van der Waals surface area (Å²) in [7, 11) is 1.38. The van der Waals surface area contributed by atoms with Crippen LogP contribution >= 0.6 is 0 Å². The number of carbonyl (C=O) groups is 1. The third-order valence-corrected chi connectivity index (χ3v) is 3.24. The number of imidazole rings is 1. The van der Waals surface area contributed by atoms with Crippen molar-refractivity contribution in [1.29, 1.82) is 0 Å². The molecule has 0 spiro atoms. The molecule has 6 nitrogen and oxygen atoms in total.